The summed E-state index contributed by atoms with van der Waals surface area (Å²) in [6, 6.07) is 14.8. The van der Waals surface area contributed by atoms with Gasteiger partial charge in [0.15, 0.2) is 0 Å². The Morgan fingerprint density at radius 3 is 1.79 bits per heavy atom. The molecule has 0 bridgehead atoms. The van der Waals surface area contributed by atoms with Crippen molar-refractivity contribution in [1.82, 2.24) is 0 Å². The summed E-state index contributed by atoms with van der Waals surface area (Å²) in [5.74, 6) is -1.14. The van der Waals surface area contributed by atoms with E-state index in [2.05, 4.69) is 55.6 Å². The molecule has 212 valence electrons. The Bertz CT molecular complexity index is 1080. The van der Waals surface area contributed by atoms with E-state index >= 15 is 0 Å². The van der Waals surface area contributed by atoms with Gasteiger partial charge in [0.25, 0.3) is 0 Å². The van der Waals surface area contributed by atoms with Gasteiger partial charge in [-0.3, -0.25) is 4.39 Å². The van der Waals surface area contributed by atoms with Crippen LogP contribution < -0.4 is 0 Å². The van der Waals surface area contributed by atoms with Gasteiger partial charge >= 0.3 is 11.9 Å². The lowest BCUT2D eigenvalue weighted by molar-refractivity contribution is -0.140. The Balaban J connectivity index is 2.01. The molecule has 2 rings (SSSR count). The van der Waals surface area contributed by atoms with Gasteiger partial charge in [-0.25, -0.2) is 9.59 Å². The summed E-state index contributed by atoms with van der Waals surface area (Å²) in [6.07, 6.45) is 7.19. The minimum Gasteiger partial charge on any atom is -0.462 e. The molecule has 0 aromatic heterocycles. The van der Waals surface area contributed by atoms with E-state index in [1.807, 2.05) is 0 Å². The number of unbranched alkanes of at least 4 members (excludes halogenated alkanes) is 3. The zero-order valence-corrected chi connectivity index (χ0v) is 22.8. The Kier molecular flexibility index (Phi) is 14.8. The van der Waals surface area contributed by atoms with Crippen LogP contribution >= 0.6 is 0 Å². The van der Waals surface area contributed by atoms with Crippen molar-refractivity contribution >= 4 is 11.9 Å². The van der Waals surface area contributed by atoms with Gasteiger partial charge in [0.2, 0.25) is 0 Å². The molecule has 2 aromatic rings. The maximum absolute atomic E-state index is 12.5. The van der Waals surface area contributed by atoms with Gasteiger partial charge in [0.1, 0.15) is 0 Å². The molecular formula is C32H41FO6. The predicted octanol–water partition coefficient (Wildman–Crippen LogP) is 5.47. The molecule has 0 amide bonds. The lowest BCUT2D eigenvalue weighted by Gasteiger charge is -2.14. The van der Waals surface area contributed by atoms with Crippen LogP contribution in [0.5, 0.6) is 0 Å². The Morgan fingerprint density at radius 1 is 0.692 bits per heavy atom. The van der Waals surface area contributed by atoms with E-state index in [0.717, 1.165) is 60.8 Å². The molecule has 0 saturated heterocycles. The monoisotopic (exact) mass is 540 g/mol. The highest BCUT2D eigenvalue weighted by Gasteiger charge is 2.10. The fourth-order valence-corrected chi connectivity index (χ4v) is 4.12. The smallest absolute Gasteiger partial charge is 0.335 e. The molecule has 39 heavy (non-hydrogen) atoms. The minimum atomic E-state index is -0.570. The van der Waals surface area contributed by atoms with Crippen LogP contribution in [0.15, 0.2) is 66.8 Å². The van der Waals surface area contributed by atoms with Crippen LogP contribution in [0.2, 0.25) is 0 Å². The average Bonchev–Trinajstić information content (AvgIpc) is 2.96. The van der Waals surface area contributed by atoms with Gasteiger partial charge in [-0.1, -0.05) is 68.5 Å². The fraction of sp³-hybridized carbons (Fsp3) is 0.438. The first-order valence-electron chi connectivity index (χ1n) is 13.6. The van der Waals surface area contributed by atoms with Crippen molar-refractivity contribution in [2.24, 2.45) is 0 Å². The van der Waals surface area contributed by atoms with Crippen molar-refractivity contribution in [3.63, 3.8) is 0 Å². The van der Waals surface area contributed by atoms with Gasteiger partial charge in [0, 0.05) is 0 Å². The lowest BCUT2D eigenvalue weighted by atomic mass is 9.92. The van der Waals surface area contributed by atoms with Crippen molar-refractivity contribution in [2.75, 3.05) is 33.1 Å². The number of ether oxygens (including phenoxy) is 2. The number of alkyl halides is 1. The molecule has 0 atom stereocenters. The number of aryl methyl sites for hydroxylation is 3. The van der Waals surface area contributed by atoms with Gasteiger partial charge in [0.05, 0.1) is 44.2 Å². The summed E-state index contributed by atoms with van der Waals surface area (Å²) in [4.78, 5) is 23.2. The second-order valence-corrected chi connectivity index (χ2v) is 9.54. The fourth-order valence-electron chi connectivity index (χ4n) is 4.12. The maximum atomic E-state index is 12.5. The Hall–Kier alpha value is -3.29. The number of halogens is 1. The molecule has 7 heteroatoms. The molecule has 0 aliphatic heterocycles. The van der Waals surface area contributed by atoms with Crippen LogP contribution in [0, 0.1) is 0 Å². The number of rotatable bonds is 19. The third-order valence-electron chi connectivity index (χ3n) is 6.41. The first kappa shape index (κ1) is 31.9. The third-order valence-corrected chi connectivity index (χ3v) is 6.41. The SMILES string of the molecule is C=C(CO)C(=O)OCCCc1ccc(-c2ccc(CCCOC(=O)C(=C)CO)cc2CCCCCCF)cc1. The van der Waals surface area contributed by atoms with Crippen molar-refractivity contribution < 1.29 is 33.7 Å². The highest BCUT2D eigenvalue weighted by molar-refractivity contribution is 5.88. The standard InChI is InChI=1S/C32H41FO6/c1-24(22-34)31(36)38-19-7-9-26-12-15-28(16-13-26)30-17-14-27(10-8-20-39-32(37)25(2)23-35)21-29(30)11-5-3-4-6-18-33/h12-17,21,34-35H,1-11,18-20,22-23H2. The normalized spacial score (nSPS) is 10.7. The molecule has 0 aliphatic carbocycles. The largest absolute Gasteiger partial charge is 0.462 e. The summed E-state index contributed by atoms with van der Waals surface area (Å²) in [6.45, 7) is 6.37. The van der Waals surface area contributed by atoms with Crippen LogP contribution in [-0.2, 0) is 38.3 Å². The number of carbonyl (C=O) groups excluding carboxylic acids is 2. The first-order valence-corrected chi connectivity index (χ1v) is 13.6. The first-order chi connectivity index (χ1) is 18.9. The van der Waals surface area contributed by atoms with Gasteiger partial charge in [-0.2, -0.15) is 0 Å². The highest BCUT2D eigenvalue weighted by Crippen LogP contribution is 2.28. The van der Waals surface area contributed by atoms with Crippen LogP contribution in [0.3, 0.4) is 0 Å². The molecule has 0 spiro atoms. The minimum absolute atomic E-state index is 0.0492. The van der Waals surface area contributed by atoms with Crippen molar-refractivity contribution in [3.8, 4) is 11.1 Å². The van der Waals surface area contributed by atoms with E-state index in [9.17, 15) is 14.0 Å². The van der Waals surface area contributed by atoms with E-state index in [-0.39, 0.29) is 31.0 Å². The summed E-state index contributed by atoms with van der Waals surface area (Å²) in [5.41, 5.74) is 5.92. The van der Waals surface area contributed by atoms with Crippen LogP contribution in [0.25, 0.3) is 11.1 Å². The predicted molar refractivity (Wildman–Crippen MR) is 151 cm³/mol. The number of hydrogen-bond donors (Lipinski definition) is 2. The Labute approximate surface area is 231 Å². The van der Waals surface area contributed by atoms with Crippen molar-refractivity contribution in [3.05, 3.63) is 83.5 Å². The molecule has 0 heterocycles. The summed E-state index contributed by atoms with van der Waals surface area (Å²) < 4.78 is 22.7. The maximum Gasteiger partial charge on any atom is 0.335 e. The molecular weight excluding hydrogens is 499 g/mol. The highest BCUT2D eigenvalue weighted by atomic mass is 19.1. The van der Waals surface area contributed by atoms with E-state index in [1.165, 1.54) is 5.56 Å². The van der Waals surface area contributed by atoms with Crippen molar-refractivity contribution in [1.29, 1.82) is 0 Å². The second kappa shape index (κ2) is 18.1. The molecule has 0 fully saturated rings. The molecule has 2 N–H and O–H groups in total. The van der Waals surface area contributed by atoms with E-state index in [1.54, 1.807) is 0 Å². The quantitative estimate of drug-likeness (QED) is 0.139. The van der Waals surface area contributed by atoms with Crippen molar-refractivity contribution in [2.45, 2.75) is 57.8 Å². The topological polar surface area (TPSA) is 93.1 Å². The number of hydrogen-bond acceptors (Lipinski definition) is 6. The van der Waals surface area contributed by atoms with E-state index in [0.29, 0.717) is 19.3 Å². The molecule has 0 radical (unpaired) electrons. The van der Waals surface area contributed by atoms with Crippen LogP contribution in [0.4, 0.5) is 4.39 Å². The summed E-state index contributed by atoms with van der Waals surface area (Å²) in [7, 11) is 0. The number of aliphatic hydroxyl groups is 2. The van der Waals surface area contributed by atoms with Crippen LogP contribution in [-0.4, -0.2) is 55.3 Å². The lowest BCUT2D eigenvalue weighted by Crippen LogP contribution is -2.11. The number of carbonyl (C=O) groups is 2. The zero-order valence-electron chi connectivity index (χ0n) is 22.8. The molecule has 0 aliphatic rings. The van der Waals surface area contributed by atoms with Gasteiger partial charge in [-0.15, -0.1) is 0 Å². The molecule has 0 saturated carbocycles. The second-order valence-electron chi connectivity index (χ2n) is 9.54. The van der Waals surface area contributed by atoms with Gasteiger partial charge in [-0.05, 0) is 72.8 Å². The van der Waals surface area contributed by atoms with E-state index in [4.69, 9.17) is 19.7 Å². The number of benzene rings is 2. The molecule has 2 aromatic carbocycles. The Morgan fingerprint density at radius 2 is 1.23 bits per heavy atom. The zero-order chi connectivity index (χ0) is 28.5. The summed E-state index contributed by atoms with van der Waals surface area (Å²) >= 11 is 0. The summed E-state index contributed by atoms with van der Waals surface area (Å²) in [5, 5.41) is 17.9. The number of esters is 2. The van der Waals surface area contributed by atoms with E-state index < -0.39 is 25.2 Å². The number of aliphatic hydroxyl groups excluding tert-OH is 2. The third kappa shape index (κ3) is 11.5. The molecule has 6 nitrogen and oxygen atoms in total. The average molecular weight is 541 g/mol. The van der Waals surface area contributed by atoms with Gasteiger partial charge < -0.3 is 19.7 Å². The van der Waals surface area contributed by atoms with Crippen LogP contribution in [0.1, 0.15) is 55.2 Å². The molecule has 0 unspecified atom stereocenters.